The van der Waals surface area contributed by atoms with Gasteiger partial charge in [0.2, 0.25) is 0 Å². The number of hydrogen-bond donors (Lipinski definition) is 3. The van der Waals surface area contributed by atoms with Crippen LogP contribution < -0.4 is 11.3 Å². The molecule has 0 atom stereocenters. The van der Waals surface area contributed by atoms with E-state index in [4.69, 9.17) is 22.6 Å². The predicted molar refractivity (Wildman–Crippen MR) is 55.1 cm³/mol. The highest BCUT2D eigenvalue weighted by Gasteiger charge is 2.04. The first-order valence-corrected chi connectivity index (χ1v) is 4.57. The molecule has 0 aliphatic rings. The summed E-state index contributed by atoms with van der Waals surface area (Å²) in [4.78, 5) is 10.4. The largest absolute Gasteiger partial charge is 0.481 e. The number of carboxylic acid groups (broad SMARTS) is 1. The van der Waals surface area contributed by atoms with E-state index in [9.17, 15) is 4.79 Å². The maximum atomic E-state index is 10.4. The van der Waals surface area contributed by atoms with Crippen molar-refractivity contribution in [3.05, 3.63) is 29.3 Å². The summed E-state index contributed by atoms with van der Waals surface area (Å²) in [6.07, 6.45) is -0.0166. The summed E-state index contributed by atoms with van der Waals surface area (Å²) in [7, 11) is 0. The van der Waals surface area contributed by atoms with Gasteiger partial charge in [0.25, 0.3) is 0 Å². The number of nitrogen functional groups attached to an aromatic ring is 1. The van der Waals surface area contributed by atoms with Crippen LogP contribution in [0.15, 0.2) is 18.2 Å². The number of halogens is 1. The zero-order chi connectivity index (χ0) is 10.6. The molecule has 1 rings (SSSR count). The van der Waals surface area contributed by atoms with Crippen LogP contribution in [-0.4, -0.2) is 11.1 Å². The van der Waals surface area contributed by atoms with Crippen molar-refractivity contribution >= 4 is 23.3 Å². The highest BCUT2D eigenvalue weighted by atomic mass is 35.5. The lowest BCUT2D eigenvalue weighted by Gasteiger charge is -2.07. The average molecular weight is 215 g/mol. The summed E-state index contributed by atoms with van der Waals surface area (Å²) in [5.41, 5.74) is 4.69. The second-order valence-corrected chi connectivity index (χ2v) is 3.11. The Hall–Kier alpha value is -1.26. The van der Waals surface area contributed by atoms with Gasteiger partial charge in [0.1, 0.15) is 0 Å². The summed E-state index contributed by atoms with van der Waals surface area (Å²) in [5.74, 6) is 4.74. The first-order chi connectivity index (χ1) is 6.67. The molecule has 0 aromatic heterocycles. The molecule has 4 nitrogen and oxygen atoms in total. The van der Waals surface area contributed by atoms with Crippen LogP contribution in [0.2, 0.25) is 0 Å². The van der Waals surface area contributed by atoms with E-state index in [2.05, 4.69) is 5.43 Å². The van der Waals surface area contributed by atoms with Gasteiger partial charge in [-0.3, -0.25) is 10.6 Å². The number of nitrogens with two attached hydrogens (primary N) is 1. The normalized spacial score (nSPS) is 9.86. The Morgan fingerprint density at radius 3 is 2.79 bits per heavy atom. The van der Waals surface area contributed by atoms with Crippen molar-refractivity contribution in [2.75, 3.05) is 5.43 Å². The maximum absolute atomic E-state index is 10.4. The fourth-order valence-electron chi connectivity index (χ4n) is 1.16. The van der Waals surface area contributed by atoms with Gasteiger partial charge >= 0.3 is 5.97 Å². The Kier molecular flexibility index (Phi) is 3.73. The third-order valence-corrected chi connectivity index (χ3v) is 2.12. The highest BCUT2D eigenvalue weighted by Crippen LogP contribution is 2.18. The molecule has 0 unspecified atom stereocenters. The molecule has 0 saturated heterocycles. The molecule has 0 bridgehead atoms. The molecule has 0 amide bonds. The van der Waals surface area contributed by atoms with E-state index in [1.165, 1.54) is 0 Å². The lowest BCUT2D eigenvalue weighted by molar-refractivity contribution is -0.136. The Bertz CT molecular complexity index is 342. The number of carbonyl (C=O) groups is 1. The summed E-state index contributed by atoms with van der Waals surface area (Å²) < 4.78 is 0. The van der Waals surface area contributed by atoms with Crippen molar-refractivity contribution < 1.29 is 9.90 Å². The molecule has 5 heteroatoms. The third kappa shape index (κ3) is 2.61. The van der Waals surface area contributed by atoms with E-state index in [-0.39, 0.29) is 6.42 Å². The smallest absolute Gasteiger partial charge is 0.307 e. The molecule has 14 heavy (non-hydrogen) atoms. The van der Waals surface area contributed by atoms with Crippen molar-refractivity contribution in [3.63, 3.8) is 0 Å². The molecular weight excluding hydrogens is 204 g/mol. The van der Waals surface area contributed by atoms with Crippen LogP contribution in [0.3, 0.4) is 0 Å². The lowest BCUT2D eigenvalue weighted by atomic mass is 10.1. The maximum Gasteiger partial charge on any atom is 0.307 e. The minimum absolute atomic E-state index is 0.0166. The molecule has 0 spiro atoms. The number of hydrogen-bond acceptors (Lipinski definition) is 3. The summed E-state index contributed by atoms with van der Waals surface area (Å²) >= 11 is 5.66. The van der Waals surface area contributed by atoms with E-state index in [1.54, 1.807) is 18.2 Å². The van der Waals surface area contributed by atoms with E-state index < -0.39 is 5.97 Å². The molecule has 0 radical (unpaired) electrons. The summed E-state index contributed by atoms with van der Waals surface area (Å²) in [6, 6.07) is 5.18. The van der Waals surface area contributed by atoms with E-state index >= 15 is 0 Å². The summed E-state index contributed by atoms with van der Waals surface area (Å²) in [6.45, 7) is 0. The van der Waals surface area contributed by atoms with Crippen LogP contribution in [-0.2, 0) is 17.1 Å². The van der Waals surface area contributed by atoms with Crippen LogP contribution in [0.4, 0.5) is 5.69 Å². The van der Waals surface area contributed by atoms with Crippen LogP contribution in [0.5, 0.6) is 0 Å². The van der Waals surface area contributed by atoms with Gasteiger partial charge in [0.15, 0.2) is 0 Å². The molecule has 4 N–H and O–H groups in total. The van der Waals surface area contributed by atoms with E-state index in [0.29, 0.717) is 17.1 Å². The molecule has 0 fully saturated rings. The van der Waals surface area contributed by atoms with Gasteiger partial charge in [0, 0.05) is 5.88 Å². The number of benzene rings is 1. The molecule has 0 saturated carbocycles. The lowest BCUT2D eigenvalue weighted by Crippen LogP contribution is -2.10. The first-order valence-electron chi connectivity index (χ1n) is 4.03. The number of alkyl halides is 1. The zero-order valence-electron chi connectivity index (χ0n) is 7.46. The Labute approximate surface area is 86.6 Å². The van der Waals surface area contributed by atoms with Gasteiger partial charge in [-0.1, -0.05) is 12.1 Å². The van der Waals surface area contributed by atoms with Gasteiger partial charge in [-0.25, -0.2) is 0 Å². The summed E-state index contributed by atoms with van der Waals surface area (Å²) in [5, 5.41) is 8.58. The second kappa shape index (κ2) is 4.83. The Morgan fingerprint density at radius 2 is 2.29 bits per heavy atom. The van der Waals surface area contributed by atoms with Crippen LogP contribution in [0.25, 0.3) is 0 Å². The Morgan fingerprint density at radius 1 is 1.57 bits per heavy atom. The van der Waals surface area contributed by atoms with Crippen LogP contribution in [0.1, 0.15) is 11.1 Å². The monoisotopic (exact) mass is 214 g/mol. The van der Waals surface area contributed by atoms with Gasteiger partial charge in [-0.15, -0.1) is 11.6 Å². The molecule has 1 aromatic rings. The fraction of sp³-hybridized carbons (Fsp3) is 0.222. The molecule has 76 valence electrons. The van der Waals surface area contributed by atoms with Crippen LogP contribution in [0, 0.1) is 0 Å². The van der Waals surface area contributed by atoms with Crippen LogP contribution >= 0.6 is 11.6 Å². The standard InChI is InChI=1S/C9H11ClN2O2/c10-5-7-2-1-6(4-9(13)14)3-8(7)12-11/h1-3,12H,4-5,11H2,(H,13,14). The van der Waals surface area contributed by atoms with Gasteiger partial charge in [-0.05, 0) is 17.2 Å². The number of hydrazine groups is 1. The molecule has 0 aliphatic heterocycles. The van der Waals surface area contributed by atoms with E-state index in [0.717, 1.165) is 5.56 Å². The quantitative estimate of drug-likeness (QED) is 0.402. The van der Waals surface area contributed by atoms with Crippen molar-refractivity contribution in [2.45, 2.75) is 12.3 Å². The third-order valence-electron chi connectivity index (χ3n) is 1.83. The number of carboxylic acids is 1. The number of nitrogens with one attached hydrogen (secondary N) is 1. The van der Waals surface area contributed by atoms with Gasteiger partial charge in [-0.2, -0.15) is 0 Å². The van der Waals surface area contributed by atoms with Gasteiger partial charge < -0.3 is 10.5 Å². The Balaban J connectivity index is 2.95. The second-order valence-electron chi connectivity index (χ2n) is 2.84. The van der Waals surface area contributed by atoms with Gasteiger partial charge in [0.05, 0.1) is 12.1 Å². The predicted octanol–water partition coefficient (Wildman–Crippen LogP) is 1.34. The number of rotatable bonds is 4. The minimum Gasteiger partial charge on any atom is -0.481 e. The van der Waals surface area contributed by atoms with Crippen molar-refractivity contribution in [3.8, 4) is 0 Å². The SMILES string of the molecule is NNc1cc(CC(=O)O)ccc1CCl. The molecule has 0 aliphatic carbocycles. The first kappa shape index (κ1) is 10.8. The van der Waals surface area contributed by atoms with Crippen molar-refractivity contribution in [2.24, 2.45) is 5.84 Å². The average Bonchev–Trinajstić information content (AvgIpc) is 2.16. The molecule has 1 aromatic carbocycles. The van der Waals surface area contributed by atoms with Crippen molar-refractivity contribution in [1.29, 1.82) is 0 Å². The highest BCUT2D eigenvalue weighted by molar-refractivity contribution is 6.17. The topological polar surface area (TPSA) is 75.3 Å². The number of aliphatic carboxylic acids is 1. The minimum atomic E-state index is -0.869. The molecule has 0 heterocycles. The van der Waals surface area contributed by atoms with E-state index in [1.807, 2.05) is 0 Å². The molecular formula is C9H11ClN2O2. The zero-order valence-corrected chi connectivity index (χ0v) is 8.21. The van der Waals surface area contributed by atoms with Crippen molar-refractivity contribution in [1.82, 2.24) is 0 Å². The number of anilines is 1. The fourth-order valence-corrected chi connectivity index (χ4v) is 1.39.